The van der Waals surface area contributed by atoms with Gasteiger partial charge in [0.25, 0.3) is 0 Å². The van der Waals surface area contributed by atoms with Crippen molar-refractivity contribution in [3.05, 3.63) is 12.2 Å². The Labute approximate surface area is 95.6 Å². The van der Waals surface area contributed by atoms with E-state index in [1.165, 1.54) is 6.39 Å². The van der Waals surface area contributed by atoms with E-state index in [4.69, 9.17) is 4.74 Å². The van der Waals surface area contributed by atoms with Gasteiger partial charge in [0, 0.05) is 19.0 Å². The molecule has 0 bridgehead atoms. The molecule has 0 saturated carbocycles. The average molecular weight is 225 g/mol. The van der Waals surface area contributed by atoms with Gasteiger partial charge in [-0.3, -0.25) is 0 Å². The molecule has 2 rings (SSSR count). The molecule has 0 aromatic carbocycles. The van der Waals surface area contributed by atoms with E-state index in [1.807, 2.05) is 0 Å². The summed E-state index contributed by atoms with van der Waals surface area (Å²) in [7, 11) is 0. The molecule has 1 aromatic rings. The van der Waals surface area contributed by atoms with E-state index in [0.29, 0.717) is 18.2 Å². The number of hydrogen-bond acceptors (Lipinski definition) is 5. The topological polar surface area (TPSA) is 60.2 Å². The fraction of sp³-hybridized carbons (Fsp3) is 0.818. The second-order valence-electron chi connectivity index (χ2n) is 4.48. The molecule has 1 fully saturated rings. The lowest BCUT2D eigenvalue weighted by Crippen LogP contribution is -2.42. The minimum atomic E-state index is 0.353. The summed E-state index contributed by atoms with van der Waals surface area (Å²) in [4.78, 5) is 3.99. The van der Waals surface area contributed by atoms with Crippen LogP contribution < -0.4 is 5.32 Å². The van der Waals surface area contributed by atoms with Gasteiger partial charge in [0.05, 0.1) is 12.2 Å². The molecule has 2 unspecified atom stereocenters. The Morgan fingerprint density at radius 1 is 1.38 bits per heavy atom. The first-order valence-corrected chi connectivity index (χ1v) is 5.88. The highest BCUT2D eigenvalue weighted by Crippen LogP contribution is 2.18. The third-order valence-electron chi connectivity index (χ3n) is 2.89. The zero-order chi connectivity index (χ0) is 11.4. The first kappa shape index (κ1) is 11.5. The lowest BCUT2D eigenvalue weighted by Gasteiger charge is -2.32. The van der Waals surface area contributed by atoms with Crippen LogP contribution in [0.3, 0.4) is 0 Å². The molecule has 1 aliphatic heterocycles. The maximum Gasteiger partial charge on any atom is 0.213 e. The van der Waals surface area contributed by atoms with Crippen molar-refractivity contribution in [3.8, 4) is 0 Å². The SMILES string of the molecule is CC1CC(NCCc2ncon2)CC(C)O1. The molecular weight excluding hydrogens is 206 g/mol. The Bertz CT molecular complexity index is 292. The van der Waals surface area contributed by atoms with Crippen molar-refractivity contribution in [2.75, 3.05) is 6.54 Å². The van der Waals surface area contributed by atoms with E-state index in [-0.39, 0.29) is 0 Å². The normalized spacial score (nSPS) is 30.5. The summed E-state index contributed by atoms with van der Waals surface area (Å²) in [5, 5.41) is 7.30. The minimum absolute atomic E-state index is 0.353. The van der Waals surface area contributed by atoms with Crippen LogP contribution in [-0.4, -0.2) is 34.9 Å². The first-order chi connectivity index (χ1) is 7.74. The molecular formula is C11H19N3O2. The zero-order valence-corrected chi connectivity index (χ0v) is 9.85. The molecule has 1 saturated heterocycles. The summed E-state index contributed by atoms with van der Waals surface area (Å²) in [5.74, 6) is 0.764. The monoisotopic (exact) mass is 225 g/mol. The number of hydrogen-bond donors (Lipinski definition) is 1. The number of aromatic nitrogens is 2. The van der Waals surface area contributed by atoms with E-state index in [1.54, 1.807) is 0 Å². The average Bonchev–Trinajstić information content (AvgIpc) is 2.69. The van der Waals surface area contributed by atoms with E-state index < -0.39 is 0 Å². The number of ether oxygens (including phenoxy) is 1. The Morgan fingerprint density at radius 2 is 2.12 bits per heavy atom. The van der Waals surface area contributed by atoms with Crippen molar-refractivity contribution < 1.29 is 9.26 Å². The number of nitrogens with one attached hydrogen (secondary N) is 1. The van der Waals surface area contributed by atoms with Crippen LogP contribution in [0.4, 0.5) is 0 Å². The summed E-state index contributed by atoms with van der Waals surface area (Å²) >= 11 is 0. The molecule has 5 heteroatoms. The third kappa shape index (κ3) is 3.28. The minimum Gasteiger partial charge on any atom is -0.375 e. The molecule has 2 heterocycles. The van der Waals surface area contributed by atoms with Crippen LogP contribution in [0.25, 0.3) is 0 Å². The molecule has 5 nitrogen and oxygen atoms in total. The molecule has 0 spiro atoms. The van der Waals surface area contributed by atoms with Crippen molar-refractivity contribution in [1.29, 1.82) is 0 Å². The lowest BCUT2D eigenvalue weighted by molar-refractivity contribution is -0.0419. The molecule has 1 aliphatic rings. The highest BCUT2D eigenvalue weighted by Gasteiger charge is 2.23. The van der Waals surface area contributed by atoms with Gasteiger partial charge in [-0.25, -0.2) is 0 Å². The predicted molar refractivity (Wildman–Crippen MR) is 59.0 cm³/mol. The van der Waals surface area contributed by atoms with Gasteiger partial charge in [0.1, 0.15) is 0 Å². The third-order valence-corrected chi connectivity index (χ3v) is 2.89. The van der Waals surface area contributed by atoms with Crippen molar-refractivity contribution in [1.82, 2.24) is 15.5 Å². The van der Waals surface area contributed by atoms with Gasteiger partial charge < -0.3 is 14.6 Å². The molecule has 1 N–H and O–H groups in total. The quantitative estimate of drug-likeness (QED) is 0.833. The maximum atomic E-state index is 5.69. The van der Waals surface area contributed by atoms with Crippen molar-refractivity contribution >= 4 is 0 Å². The van der Waals surface area contributed by atoms with Crippen LogP contribution in [-0.2, 0) is 11.2 Å². The van der Waals surface area contributed by atoms with Crippen molar-refractivity contribution in [3.63, 3.8) is 0 Å². The maximum absolute atomic E-state index is 5.69. The van der Waals surface area contributed by atoms with E-state index >= 15 is 0 Å². The molecule has 0 radical (unpaired) electrons. The van der Waals surface area contributed by atoms with Crippen molar-refractivity contribution in [2.24, 2.45) is 0 Å². The van der Waals surface area contributed by atoms with E-state index in [9.17, 15) is 0 Å². The molecule has 0 amide bonds. The summed E-state index contributed by atoms with van der Waals surface area (Å²) in [6.07, 6.45) is 5.05. The van der Waals surface area contributed by atoms with Crippen LogP contribution in [0.2, 0.25) is 0 Å². The predicted octanol–water partition coefficient (Wildman–Crippen LogP) is 1.16. The molecule has 90 valence electrons. The molecule has 0 aliphatic carbocycles. The Kier molecular flexibility index (Phi) is 3.90. The summed E-state index contributed by atoms with van der Waals surface area (Å²) in [6.45, 7) is 5.15. The van der Waals surface area contributed by atoms with E-state index in [0.717, 1.165) is 31.6 Å². The summed E-state index contributed by atoms with van der Waals surface area (Å²) < 4.78 is 10.4. The highest BCUT2D eigenvalue weighted by atomic mass is 16.5. The Hall–Kier alpha value is -0.940. The van der Waals surface area contributed by atoms with Crippen LogP contribution in [0.5, 0.6) is 0 Å². The van der Waals surface area contributed by atoms with Gasteiger partial charge in [0.15, 0.2) is 5.82 Å². The van der Waals surface area contributed by atoms with Gasteiger partial charge in [-0.15, -0.1) is 0 Å². The van der Waals surface area contributed by atoms with Crippen LogP contribution in [0, 0.1) is 0 Å². The summed E-state index contributed by atoms with van der Waals surface area (Å²) in [5.41, 5.74) is 0. The van der Waals surface area contributed by atoms with E-state index in [2.05, 4.69) is 33.8 Å². The zero-order valence-electron chi connectivity index (χ0n) is 9.85. The fourth-order valence-electron chi connectivity index (χ4n) is 2.26. The lowest BCUT2D eigenvalue weighted by atomic mass is 10.00. The Morgan fingerprint density at radius 3 is 2.75 bits per heavy atom. The van der Waals surface area contributed by atoms with Crippen molar-refractivity contribution in [2.45, 2.75) is 51.4 Å². The van der Waals surface area contributed by atoms with Gasteiger partial charge in [0.2, 0.25) is 6.39 Å². The second kappa shape index (κ2) is 5.41. The number of rotatable bonds is 4. The van der Waals surface area contributed by atoms with Gasteiger partial charge in [-0.1, -0.05) is 5.16 Å². The molecule has 2 atom stereocenters. The van der Waals surface area contributed by atoms with Crippen LogP contribution >= 0.6 is 0 Å². The summed E-state index contributed by atoms with van der Waals surface area (Å²) in [6, 6.07) is 0.547. The number of nitrogens with zero attached hydrogens (tertiary/aromatic N) is 2. The Balaban J connectivity index is 1.69. The van der Waals surface area contributed by atoms with Gasteiger partial charge in [-0.2, -0.15) is 4.98 Å². The smallest absolute Gasteiger partial charge is 0.213 e. The fourth-order valence-corrected chi connectivity index (χ4v) is 2.26. The van der Waals surface area contributed by atoms with Gasteiger partial charge in [-0.05, 0) is 26.7 Å². The molecule has 1 aromatic heterocycles. The standard InChI is InChI=1S/C11H19N3O2/c1-8-5-10(6-9(2)16-8)12-4-3-11-13-7-15-14-11/h7-10,12H,3-6H2,1-2H3. The first-order valence-electron chi connectivity index (χ1n) is 5.88. The van der Waals surface area contributed by atoms with Crippen LogP contribution in [0.15, 0.2) is 10.9 Å². The van der Waals surface area contributed by atoms with Gasteiger partial charge >= 0.3 is 0 Å². The molecule has 16 heavy (non-hydrogen) atoms. The largest absolute Gasteiger partial charge is 0.375 e. The van der Waals surface area contributed by atoms with Crippen LogP contribution in [0.1, 0.15) is 32.5 Å². The second-order valence-corrected chi connectivity index (χ2v) is 4.48. The highest BCUT2D eigenvalue weighted by molar-refractivity contribution is 4.82.